The third-order valence-corrected chi connectivity index (χ3v) is 2.71. The van der Waals surface area contributed by atoms with E-state index in [1.54, 1.807) is 6.92 Å². The molecule has 3 N–H and O–H groups in total. The Balaban J connectivity index is 2.86. The Morgan fingerprint density at radius 1 is 1.40 bits per heavy atom. The highest BCUT2D eigenvalue weighted by Gasteiger charge is 2.34. The Kier molecular flexibility index (Phi) is 5.52. The molecule has 0 bridgehead atoms. The predicted molar refractivity (Wildman–Crippen MR) is 65.8 cm³/mol. The van der Waals surface area contributed by atoms with Crippen LogP contribution in [-0.4, -0.2) is 29.8 Å². The molecule has 0 amide bonds. The summed E-state index contributed by atoms with van der Waals surface area (Å²) in [5, 5.41) is 9.59. The number of ether oxygens (including phenoxy) is 1. The van der Waals surface area contributed by atoms with Crippen molar-refractivity contribution in [3.63, 3.8) is 0 Å². The van der Waals surface area contributed by atoms with Crippen LogP contribution in [0.1, 0.15) is 18.1 Å². The number of rotatable bonds is 5. The largest absolute Gasteiger partial charge is 0.464 e. The number of aliphatic hydroxyl groups excluding tert-OH is 1. The van der Waals surface area contributed by atoms with E-state index in [0.717, 1.165) is 6.07 Å². The molecule has 4 nitrogen and oxygen atoms in total. The standard InChI is InChI=1S/C13H16F3NO3/c1-2-20-12(19)11(18)10(17)7-8-5-3-4-6-9(8)13(14,15)16/h3-6,10-11,18H,2,7,17H2,1H3. The molecule has 1 aromatic rings. The highest BCUT2D eigenvalue weighted by Crippen LogP contribution is 2.32. The van der Waals surface area contributed by atoms with Gasteiger partial charge in [-0.3, -0.25) is 0 Å². The Morgan fingerprint density at radius 2 is 2.00 bits per heavy atom. The molecule has 0 heterocycles. The van der Waals surface area contributed by atoms with Crippen LogP contribution < -0.4 is 5.73 Å². The van der Waals surface area contributed by atoms with Gasteiger partial charge in [0.25, 0.3) is 0 Å². The van der Waals surface area contributed by atoms with Crippen LogP contribution in [0.25, 0.3) is 0 Å². The zero-order valence-electron chi connectivity index (χ0n) is 10.9. The van der Waals surface area contributed by atoms with E-state index in [1.807, 2.05) is 0 Å². The van der Waals surface area contributed by atoms with E-state index >= 15 is 0 Å². The SMILES string of the molecule is CCOC(=O)C(O)C(N)Cc1ccccc1C(F)(F)F. The molecular weight excluding hydrogens is 275 g/mol. The molecule has 2 unspecified atom stereocenters. The minimum absolute atomic E-state index is 0.0573. The third kappa shape index (κ3) is 4.21. The van der Waals surface area contributed by atoms with Crippen LogP contribution >= 0.6 is 0 Å². The van der Waals surface area contributed by atoms with Crippen LogP contribution in [0.15, 0.2) is 24.3 Å². The number of alkyl halides is 3. The monoisotopic (exact) mass is 291 g/mol. The van der Waals surface area contributed by atoms with Crippen molar-refractivity contribution in [3.05, 3.63) is 35.4 Å². The van der Waals surface area contributed by atoms with Crippen LogP contribution in [0.3, 0.4) is 0 Å². The number of carbonyl (C=O) groups is 1. The summed E-state index contributed by atoms with van der Waals surface area (Å²) in [5.41, 5.74) is 4.67. The summed E-state index contributed by atoms with van der Waals surface area (Å²) in [5.74, 6) is -0.940. The maximum absolute atomic E-state index is 12.8. The first-order valence-electron chi connectivity index (χ1n) is 6.02. The van der Waals surface area contributed by atoms with E-state index in [4.69, 9.17) is 5.73 Å². The molecule has 0 spiro atoms. The molecule has 0 aliphatic heterocycles. The average Bonchev–Trinajstić information content (AvgIpc) is 2.37. The van der Waals surface area contributed by atoms with Gasteiger partial charge in [-0.2, -0.15) is 13.2 Å². The Bertz CT molecular complexity index is 462. The normalized spacial score (nSPS) is 14.7. The van der Waals surface area contributed by atoms with E-state index in [1.165, 1.54) is 18.2 Å². The lowest BCUT2D eigenvalue weighted by molar-refractivity contribution is -0.154. The van der Waals surface area contributed by atoms with Crippen LogP contribution in [0.2, 0.25) is 0 Å². The Morgan fingerprint density at radius 3 is 2.55 bits per heavy atom. The molecule has 0 saturated heterocycles. The van der Waals surface area contributed by atoms with Gasteiger partial charge in [0, 0.05) is 6.04 Å². The van der Waals surface area contributed by atoms with Crippen molar-refractivity contribution in [2.75, 3.05) is 6.61 Å². The number of benzene rings is 1. The maximum Gasteiger partial charge on any atom is 0.416 e. The number of hydrogen-bond acceptors (Lipinski definition) is 4. The average molecular weight is 291 g/mol. The van der Waals surface area contributed by atoms with Gasteiger partial charge in [-0.1, -0.05) is 18.2 Å². The second-order valence-corrected chi connectivity index (χ2v) is 4.22. The van der Waals surface area contributed by atoms with Gasteiger partial charge in [-0.15, -0.1) is 0 Å². The van der Waals surface area contributed by atoms with Gasteiger partial charge in [0.1, 0.15) is 0 Å². The lowest BCUT2D eigenvalue weighted by Gasteiger charge is -2.19. The minimum Gasteiger partial charge on any atom is -0.464 e. The number of aliphatic hydroxyl groups is 1. The third-order valence-electron chi connectivity index (χ3n) is 2.71. The molecule has 0 fully saturated rings. The summed E-state index contributed by atoms with van der Waals surface area (Å²) in [6.45, 7) is 1.61. The van der Waals surface area contributed by atoms with Crippen molar-refractivity contribution < 1.29 is 27.8 Å². The first-order chi connectivity index (χ1) is 9.27. The molecule has 1 aromatic carbocycles. The topological polar surface area (TPSA) is 72.5 Å². The van der Waals surface area contributed by atoms with Gasteiger partial charge in [0.05, 0.1) is 12.2 Å². The van der Waals surface area contributed by atoms with Crippen molar-refractivity contribution in [1.82, 2.24) is 0 Å². The lowest BCUT2D eigenvalue weighted by Crippen LogP contribution is -2.43. The molecule has 0 aliphatic carbocycles. The second-order valence-electron chi connectivity index (χ2n) is 4.22. The molecule has 20 heavy (non-hydrogen) atoms. The molecule has 0 aliphatic rings. The van der Waals surface area contributed by atoms with Crippen molar-refractivity contribution in [1.29, 1.82) is 0 Å². The van der Waals surface area contributed by atoms with E-state index in [0.29, 0.717) is 0 Å². The van der Waals surface area contributed by atoms with E-state index in [9.17, 15) is 23.1 Å². The molecule has 0 saturated carbocycles. The fourth-order valence-electron chi connectivity index (χ4n) is 1.74. The number of carbonyl (C=O) groups excluding carboxylic acids is 1. The zero-order chi connectivity index (χ0) is 15.3. The molecule has 112 valence electrons. The Hall–Kier alpha value is -1.60. The highest BCUT2D eigenvalue weighted by molar-refractivity contribution is 5.75. The number of nitrogens with two attached hydrogens (primary N) is 1. The molecule has 1 rings (SSSR count). The smallest absolute Gasteiger partial charge is 0.416 e. The van der Waals surface area contributed by atoms with Crippen molar-refractivity contribution in [2.24, 2.45) is 5.73 Å². The number of halogens is 3. The van der Waals surface area contributed by atoms with Gasteiger partial charge in [0.2, 0.25) is 0 Å². The summed E-state index contributed by atoms with van der Waals surface area (Å²) in [4.78, 5) is 11.3. The highest BCUT2D eigenvalue weighted by atomic mass is 19.4. The zero-order valence-corrected chi connectivity index (χ0v) is 10.9. The molecular formula is C13H16F3NO3. The molecule has 7 heteroatoms. The fraction of sp³-hybridized carbons (Fsp3) is 0.462. The van der Waals surface area contributed by atoms with Gasteiger partial charge < -0.3 is 15.6 Å². The summed E-state index contributed by atoms with van der Waals surface area (Å²) >= 11 is 0. The van der Waals surface area contributed by atoms with Crippen molar-refractivity contribution in [2.45, 2.75) is 31.7 Å². The number of esters is 1. The molecule has 0 radical (unpaired) electrons. The van der Waals surface area contributed by atoms with Gasteiger partial charge in [-0.05, 0) is 25.0 Å². The second kappa shape index (κ2) is 6.71. The van der Waals surface area contributed by atoms with Crippen molar-refractivity contribution in [3.8, 4) is 0 Å². The summed E-state index contributed by atoms with van der Waals surface area (Å²) in [6, 6.07) is 3.73. The number of hydrogen-bond donors (Lipinski definition) is 2. The van der Waals surface area contributed by atoms with E-state index in [2.05, 4.69) is 4.74 Å². The fourth-order valence-corrected chi connectivity index (χ4v) is 1.74. The summed E-state index contributed by atoms with van der Waals surface area (Å²) < 4.78 is 42.9. The molecule has 2 atom stereocenters. The minimum atomic E-state index is -4.51. The first-order valence-corrected chi connectivity index (χ1v) is 6.02. The van der Waals surface area contributed by atoms with Crippen LogP contribution in [0.5, 0.6) is 0 Å². The van der Waals surface area contributed by atoms with Crippen LogP contribution in [-0.2, 0) is 22.1 Å². The van der Waals surface area contributed by atoms with E-state index in [-0.39, 0.29) is 18.6 Å². The van der Waals surface area contributed by atoms with Gasteiger partial charge in [0.15, 0.2) is 6.10 Å². The molecule has 0 aromatic heterocycles. The van der Waals surface area contributed by atoms with E-state index < -0.39 is 29.9 Å². The quantitative estimate of drug-likeness (QED) is 0.806. The predicted octanol–water partition coefficient (Wildman–Crippen LogP) is 1.50. The lowest BCUT2D eigenvalue weighted by atomic mass is 9.97. The Labute approximate surface area is 114 Å². The van der Waals surface area contributed by atoms with Crippen LogP contribution in [0, 0.1) is 0 Å². The van der Waals surface area contributed by atoms with Crippen molar-refractivity contribution >= 4 is 5.97 Å². The maximum atomic E-state index is 12.8. The van der Waals surface area contributed by atoms with Crippen LogP contribution in [0.4, 0.5) is 13.2 Å². The summed E-state index contributed by atoms with van der Waals surface area (Å²) in [6.07, 6.45) is -6.45. The van der Waals surface area contributed by atoms with Gasteiger partial charge in [-0.25, -0.2) is 4.79 Å². The van der Waals surface area contributed by atoms with Gasteiger partial charge >= 0.3 is 12.1 Å². The first kappa shape index (κ1) is 16.5. The summed E-state index contributed by atoms with van der Waals surface area (Å²) in [7, 11) is 0.